The highest BCUT2D eigenvalue weighted by molar-refractivity contribution is 5.69. The third-order valence-corrected chi connectivity index (χ3v) is 13.7. The highest BCUT2D eigenvalue weighted by atomic mass is 16.5. The summed E-state index contributed by atoms with van der Waals surface area (Å²) in [5.74, 6) is 2.32. The molecule has 4 saturated carbocycles. The van der Waals surface area contributed by atoms with Crippen LogP contribution in [0.25, 0.3) is 0 Å². The van der Waals surface area contributed by atoms with Crippen LogP contribution < -0.4 is 0 Å². The molecule has 0 aromatic carbocycles. The minimum atomic E-state index is -0.712. The standard InChI is InChI=1S/C40H68O5/c1-5-6-7-8-9-10-11-12-13-14-15-16-17-18-38(44)45-31-25-26-39(3)30(27-31)20-21-32-34-23-22-33(29(2)19-24-37(42)43)40(34,4)36(41)28-35(32)39/h10-11,29-36,41H,5-9,12-28H2,1-4H3,(H,42,43)/b11-10-. The van der Waals surface area contributed by atoms with Gasteiger partial charge in [-0.05, 0) is 136 Å². The van der Waals surface area contributed by atoms with Crippen LogP contribution in [0.3, 0.4) is 0 Å². The molecular formula is C40H68O5. The van der Waals surface area contributed by atoms with E-state index >= 15 is 0 Å². The monoisotopic (exact) mass is 629 g/mol. The molecule has 4 rings (SSSR count). The zero-order valence-electron chi connectivity index (χ0n) is 29.4. The van der Waals surface area contributed by atoms with Crippen molar-refractivity contribution >= 4 is 11.9 Å². The Hall–Kier alpha value is -1.36. The Labute approximate surface area is 275 Å². The summed E-state index contributed by atoms with van der Waals surface area (Å²) in [6, 6.07) is 0. The predicted molar refractivity (Wildman–Crippen MR) is 183 cm³/mol. The number of allylic oxidation sites excluding steroid dienone is 2. The lowest BCUT2D eigenvalue weighted by Gasteiger charge is -2.62. The molecule has 0 bridgehead atoms. The molecule has 4 aliphatic carbocycles. The number of carbonyl (C=O) groups is 2. The van der Waals surface area contributed by atoms with Crippen LogP contribution in [0.5, 0.6) is 0 Å². The Kier molecular flexibility index (Phi) is 13.9. The van der Waals surface area contributed by atoms with Gasteiger partial charge in [0.05, 0.1) is 6.10 Å². The van der Waals surface area contributed by atoms with Crippen molar-refractivity contribution in [1.29, 1.82) is 0 Å². The molecule has 0 spiro atoms. The summed E-state index contributed by atoms with van der Waals surface area (Å²) >= 11 is 0. The van der Waals surface area contributed by atoms with Crippen molar-refractivity contribution in [2.24, 2.45) is 46.3 Å². The first kappa shape index (κ1) is 36.5. The summed E-state index contributed by atoms with van der Waals surface area (Å²) in [5, 5.41) is 21.0. The Morgan fingerprint density at radius 3 is 2.24 bits per heavy atom. The number of fused-ring (bicyclic) bond motifs is 5. The average molecular weight is 629 g/mol. The normalized spacial score (nSPS) is 36.7. The Balaban J connectivity index is 1.17. The maximum atomic E-state index is 12.8. The van der Waals surface area contributed by atoms with Crippen LogP contribution in [0.4, 0.5) is 0 Å². The smallest absolute Gasteiger partial charge is 0.306 e. The number of carbonyl (C=O) groups excluding carboxylic acids is 1. The van der Waals surface area contributed by atoms with E-state index in [0.717, 1.165) is 44.9 Å². The summed E-state index contributed by atoms with van der Waals surface area (Å²) in [5.41, 5.74) is 0.116. The van der Waals surface area contributed by atoms with Crippen molar-refractivity contribution in [1.82, 2.24) is 0 Å². The van der Waals surface area contributed by atoms with Gasteiger partial charge in [0, 0.05) is 12.8 Å². The molecule has 0 heterocycles. The molecule has 2 N–H and O–H groups in total. The number of carboxylic acids is 1. The fourth-order valence-corrected chi connectivity index (χ4v) is 11.0. The second-order valence-corrected chi connectivity index (χ2v) is 16.4. The largest absolute Gasteiger partial charge is 0.481 e. The molecular weight excluding hydrogens is 560 g/mol. The number of unbranched alkanes of at least 4 members (excludes halogenated alkanes) is 9. The minimum absolute atomic E-state index is 0.00108. The van der Waals surface area contributed by atoms with Crippen molar-refractivity contribution in [2.45, 2.75) is 181 Å². The van der Waals surface area contributed by atoms with Gasteiger partial charge < -0.3 is 14.9 Å². The third kappa shape index (κ3) is 8.96. The average Bonchev–Trinajstić information content (AvgIpc) is 3.37. The molecule has 4 fully saturated rings. The lowest BCUT2D eigenvalue weighted by atomic mass is 9.43. The summed E-state index contributed by atoms with van der Waals surface area (Å²) in [7, 11) is 0. The first-order valence-electron chi connectivity index (χ1n) is 19.4. The summed E-state index contributed by atoms with van der Waals surface area (Å²) in [4.78, 5) is 24.0. The van der Waals surface area contributed by atoms with Gasteiger partial charge in [0.1, 0.15) is 6.10 Å². The lowest BCUT2D eigenvalue weighted by molar-refractivity contribution is -0.181. The maximum Gasteiger partial charge on any atom is 0.306 e. The van der Waals surface area contributed by atoms with E-state index in [1.165, 1.54) is 77.0 Å². The van der Waals surface area contributed by atoms with Gasteiger partial charge in [-0.25, -0.2) is 0 Å². The molecule has 0 radical (unpaired) electrons. The van der Waals surface area contributed by atoms with E-state index in [1.807, 2.05) is 0 Å². The molecule has 0 aromatic heterocycles. The fraction of sp³-hybridized carbons (Fsp3) is 0.900. The van der Waals surface area contributed by atoms with Gasteiger partial charge in [0.2, 0.25) is 0 Å². The molecule has 4 aliphatic rings. The highest BCUT2D eigenvalue weighted by Crippen LogP contribution is 2.68. The van der Waals surface area contributed by atoms with Crippen molar-refractivity contribution in [2.75, 3.05) is 0 Å². The van der Waals surface area contributed by atoms with Gasteiger partial charge in [0.15, 0.2) is 0 Å². The van der Waals surface area contributed by atoms with E-state index < -0.39 is 5.97 Å². The lowest BCUT2D eigenvalue weighted by Crippen LogP contribution is -2.59. The van der Waals surface area contributed by atoms with E-state index in [9.17, 15) is 19.8 Å². The van der Waals surface area contributed by atoms with Crippen LogP contribution in [-0.2, 0) is 14.3 Å². The Bertz CT molecular complexity index is 960. The van der Waals surface area contributed by atoms with Crippen LogP contribution in [0, 0.1) is 46.3 Å². The van der Waals surface area contributed by atoms with Gasteiger partial charge in [-0.3, -0.25) is 9.59 Å². The van der Waals surface area contributed by atoms with Crippen molar-refractivity contribution in [3.63, 3.8) is 0 Å². The molecule has 0 amide bonds. The van der Waals surface area contributed by atoms with Crippen molar-refractivity contribution < 1.29 is 24.5 Å². The van der Waals surface area contributed by atoms with Gasteiger partial charge in [-0.15, -0.1) is 0 Å². The molecule has 45 heavy (non-hydrogen) atoms. The first-order chi connectivity index (χ1) is 21.6. The zero-order valence-corrected chi connectivity index (χ0v) is 29.4. The number of hydrogen-bond acceptors (Lipinski definition) is 4. The number of hydrogen-bond donors (Lipinski definition) is 2. The molecule has 5 heteroatoms. The Morgan fingerprint density at radius 1 is 0.844 bits per heavy atom. The molecule has 10 atom stereocenters. The maximum absolute atomic E-state index is 12.8. The molecule has 10 unspecified atom stereocenters. The second-order valence-electron chi connectivity index (χ2n) is 16.4. The molecule has 0 aromatic rings. The van der Waals surface area contributed by atoms with Crippen LogP contribution >= 0.6 is 0 Å². The number of aliphatic hydroxyl groups excluding tert-OH is 1. The van der Waals surface area contributed by atoms with Crippen molar-refractivity contribution in [3.05, 3.63) is 12.2 Å². The molecule has 0 aliphatic heterocycles. The topological polar surface area (TPSA) is 83.8 Å². The molecule has 5 nitrogen and oxygen atoms in total. The van der Waals surface area contributed by atoms with Crippen LogP contribution in [0.1, 0.15) is 169 Å². The van der Waals surface area contributed by atoms with E-state index in [1.54, 1.807) is 0 Å². The van der Waals surface area contributed by atoms with Gasteiger partial charge in [-0.1, -0.05) is 78.4 Å². The molecule has 258 valence electrons. The third-order valence-electron chi connectivity index (χ3n) is 13.7. The van der Waals surface area contributed by atoms with Crippen molar-refractivity contribution in [3.8, 4) is 0 Å². The number of aliphatic hydroxyl groups is 1. The fourth-order valence-electron chi connectivity index (χ4n) is 11.0. The number of carboxylic acid groups (broad SMARTS) is 1. The van der Waals surface area contributed by atoms with Gasteiger partial charge in [-0.2, -0.15) is 0 Å². The van der Waals surface area contributed by atoms with Crippen LogP contribution in [0.15, 0.2) is 12.2 Å². The number of aliphatic carboxylic acids is 1. The zero-order chi connectivity index (χ0) is 32.5. The summed E-state index contributed by atoms with van der Waals surface area (Å²) in [6.07, 6.45) is 28.1. The van der Waals surface area contributed by atoms with E-state index in [2.05, 4.69) is 39.8 Å². The van der Waals surface area contributed by atoms with Crippen LogP contribution in [-0.4, -0.2) is 34.4 Å². The van der Waals surface area contributed by atoms with E-state index in [-0.39, 0.29) is 35.4 Å². The number of rotatable bonds is 18. The minimum Gasteiger partial charge on any atom is -0.481 e. The summed E-state index contributed by atoms with van der Waals surface area (Å²) < 4.78 is 6.08. The number of esters is 1. The second kappa shape index (κ2) is 17.2. The predicted octanol–water partition coefficient (Wildman–Crippen LogP) is 10.3. The van der Waals surface area contributed by atoms with Crippen LogP contribution in [0.2, 0.25) is 0 Å². The SMILES string of the molecule is CCCCCC/C=C\CCCCCCCC(=O)OC1CCC2(C)C(CCC3C2CC(O)C2(C)C(C(C)CCC(=O)O)CCC32)C1. The van der Waals surface area contributed by atoms with Gasteiger partial charge >= 0.3 is 11.9 Å². The van der Waals surface area contributed by atoms with E-state index in [0.29, 0.717) is 48.3 Å². The summed E-state index contributed by atoms with van der Waals surface area (Å²) in [6.45, 7) is 9.31. The van der Waals surface area contributed by atoms with Gasteiger partial charge in [0.25, 0.3) is 0 Å². The highest BCUT2D eigenvalue weighted by Gasteiger charge is 2.63. The number of ether oxygens (including phenoxy) is 1. The first-order valence-corrected chi connectivity index (χ1v) is 19.4. The molecule has 0 saturated heterocycles. The van der Waals surface area contributed by atoms with E-state index in [4.69, 9.17) is 4.74 Å². The quantitative estimate of drug-likeness (QED) is 0.0896. The Morgan fingerprint density at radius 2 is 1.53 bits per heavy atom.